The van der Waals surface area contributed by atoms with Gasteiger partial charge in [-0.05, 0) is 12.1 Å². The van der Waals surface area contributed by atoms with Gasteiger partial charge in [0.1, 0.15) is 44.5 Å². The van der Waals surface area contributed by atoms with E-state index in [9.17, 15) is 15.5 Å². The molecule has 1 aliphatic rings. The summed E-state index contributed by atoms with van der Waals surface area (Å²) in [4.78, 5) is 0. The number of hydrogen-bond donors (Lipinski definition) is 2. The van der Waals surface area contributed by atoms with Crippen LogP contribution in [-0.2, 0) is 0 Å². The number of benzene rings is 1. The standard InChI is InChI=1S/C13H20N2O4/c16-11-13(17)10-14(18)6-8-15(19,9-7-14)12-4-2-1-3-5-12/h1-5,13,16-17H,6-11H2/t13-,14?,15?/m1/s1. The second kappa shape index (κ2) is 5.54. The zero-order chi connectivity index (χ0) is 13.9. The molecule has 1 aromatic carbocycles. The molecule has 0 aromatic heterocycles. The summed E-state index contributed by atoms with van der Waals surface area (Å²) in [5.74, 6) is 0. The Morgan fingerprint density at radius 1 is 1.05 bits per heavy atom. The van der Waals surface area contributed by atoms with Crippen LogP contribution in [0.5, 0.6) is 0 Å². The van der Waals surface area contributed by atoms with Gasteiger partial charge in [-0.15, -0.1) is 0 Å². The van der Waals surface area contributed by atoms with Crippen LogP contribution in [0.25, 0.3) is 0 Å². The summed E-state index contributed by atoms with van der Waals surface area (Å²) in [7, 11) is 0. The largest absolute Gasteiger partial charge is 0.632 e. The van der Waals surface area contributed by atoms with Gasteiger partial charge >= 0.3 is 0 Å². The molecule has 6 heteroatoms. The predicted octanol–water partition coefficient (Wildman–Crippen LogP) is 0.173. The lowest BCUT2D eigenvalue weighted by molar-refractivity contribution is -0.887. The fraction of sp³-hybridized carbons (Fsp3) is 0.538. The summed E-state index contributed by atoms with van der Waals surface area (Å²) in [6.07, 6.45) is -1.01. The molecule has 0 saturated carbocycles. The van der Waals surface area contributed by atoms with Crippen molar-refractivity contribution in [2.24, 2.45) is 0 Å². The predicted molar refractivity (Wildman–Crippen MR) is 72.7 cm³/mol. The maximum absolute atomic E-state index is 12.6. The highest BCUT2D eigenvalue weighted by Crippen LogP contribution is 2.26. The van der Waals surface area contributed by atoms with Crippen molar-refractivity contribution in [3.8, 4) is 0 Å². The minimum Gasteiger partial charge on any atom is -0.632 e. The summed E-state index contributed by atoms with van der Waals surface area (Å²) in [5.41, 5.74) is 0.663. The number of aliphatic hydroxyl groups is 2. The number of rotatable bonds is 4. The molecule has 0 aliphatic carbocycles. The van der Waals surface area contributed by atoms with Crippen molar-refractivity contribution in [1.82, 2.24) is 4.65 Å². The Kier molecular flexibility index (Phi) is 4.19. The molecule has 2 N–H and O–H groups in total. The van der Waals surface area contributed by atoms with Crippen molar-refractivity contribution in [2.45, 2.75) is 6.10 Å². The summed E-state index contributed by atoms with van der Waals surface area (Å²) in [5, 5.41) is 43.1. The number of hydroxylamine groups is 5. The summed E-state index contributed by atoms with van der Waals surface area (Å²) in [6, 6.07) is 9.04. The highest BCUT2D eigenvalue weighted by molar-refractivity contribution is 5.43. The van der Waals surface area contributed by atoms with Crippen LogP contribution in [-0.4, -0.2) is 60.3 Å². The molecule has 1 heterocycles. The quantitative estimate of drug-likeness (QED) is 0.602. The molecule has 0 unspecified atom stereocenters. The molecule has 0 bridgehead atoms. The Hall–Kier alpha value is -1.02. The van der Waals surface area contributed by atoms with E-state index in [0.29, 0.717) is 5.69 Å². The first kappa shape index (κ1) is 14.4. The maximum atomic E-state index is 12.6. The Morgan fingerprint density at radius 3 is 2.16 bits per heavy atom. The van der Waals surface area contributed by atoms with E-state index < -0.39 is 22.0 Å². The van der Waals surface area contributed by atoms with Gasteiger partial charge in [0.05, 0.1) is 6.61 Å². The van der Waals surface area contributed by atoms with Gasteiger partial charge in [-0.3, -0.25) is 0 Å². The van der Waals surface area contributed by atoms with Crippen LogP contribution in [0.4, 0.5) is 5.69 Å². The first-order chi connectivity index (χ1) is 8.97. The van der Waals surface area contributed by atoms with Gasteiger partial charge in [0.25, 0.3) is 0 Å². The molecule has 6 nitrogen and oxygen atoms in total. The first-order valence-corrected chi connectivity index (χ1v) is 6.47. The minimum absolute atomic E-state index is 0.0503. The van der Waals surface area contributed by atoms with Crippen molar-refractivity contribution in [3.63, 3.8) is 0 Å². The number of nitrogens with zero attached hydrogens (tertiary/aromatic N) is 2. The van der Waals surface area contributed by atoms with Gasteiger partial charge in [0.15, 0.2) is 0 Å². The molecule has 1 saturated heterocycles. The molecule has 0 spiro atoms. The number of para-hydroxylation sites is 1. The van der Waals surface area contributed by atoms with Crippen molar-refractivity contribution in [3.05, 3.63) is 40.7 Å². The van der Waals surface area contributed by atoms with Crippen LogP contribution in [0.15, 0.2) is 30.3 Å². The van der Waals surface area contributed by atoms with Crippen molar-refractivity contribution >= 4 is 5.69 Å². The number of hydrogen-bond acceptors (Lipinski definition) is 4. The molecule has 1 aliphatic heterocycles. The fourth-order valence-corrected chi connectivity index (χ4v) is 2.49. The van der Waals surface area contributed by atoms with Crippen molar-refractivity contribution < 1.29 is 14.9 Å². The lowest BCUT2D eigenvalue weighted by Gasteiger charge is -2.54. The number of quaternary nitrogens is 2. The Labute approximate surface area is 112 Å². The zero-order valence-electron chi connectivity index (χ0n) is 10.8. The Morgan fingerprint density at radius 2 is 1.63 bits per heavy atom. The lowest BCUT2D eigenvalue weighted by Crippen LogP contribution is -2.64. The van der Waals surface area contributed by atoms with Crippen LogP contribution in [0.1, 0.15) is 0 Å². The SMILES string of the molecule is [O-][N+]1(C[C@@H](O)CO)CC[N+]([O-])(c2ccccc2)CC1. The molecule has 0 radical (unpaired) electrons. The lowest BCUT2D eigenvalue weighted by atomic mass is 10.2. The topological polar surface area (TPSA) is 86.6 Å². The smallest absolute Gasteiger partial charge is 0.133 e. The van der Waals surface area contributed by atoms with Gasteiger partial charge in [0, 0.05) is 0 Å². The molecule has 2 rings (SSSR count). The van der Waals surface area contributed by atoms with Crippen molar-refractivity contribution in [1.29, 1.82) is 0 Å². The molecule has 19 heavy (non-hydrogen) atoms. The molecule has 1 fully saturated rings. The highest BCUT2D eigenvalue weighted by Gasteiger charge is 2.34. The van der Waals surface area contributed by atoms with E-state index in [1.165, 1.54) is 0 Å². The maximum Gasteiger partial charge on any atom is 0.133 e. The van der Waals surface area contributed by atoms with E-state index in [1.54, 1.807) is 12.1 Å². The zero-order valence-corrected chi connectivity index (χ0v) is 10.8. The third-order valence-electron chi connectivity index (χ3n) is 3.72. The fourth-order valence-electron chi connectivity index (χ4n) is 2.49. The van der Waals surface area contributed by atoms with E-state index in [0.717, 1.165) is 0 Å². The van der Waals surface area contributed by atoms with Crippen LogP contribution in [0.3, 0.4) is 0 Å². The number of piperazine rings is 1. The summed E-state index contributed by atoms with van der Waals surface area (Å²) < 4.78 is -1.09. The Bertz CT molecular complexity index is 404. The number of aliphatic hydroxyl groups excluding tert-OH is 2. The van der Waals surface area contributed by atoms with E-state index in [1.807, 2.05) is 18.2 Å². The van der Waals surface area contributed by atoms with Crippen LogP contribution >= 0.6 is 0 Å². The third kappa shape index (κ3) is 3.30. The molecule has 106 valence electrons. The van der Waals surface area contributed by atoms with E-state index in [2.05, 4.69) is 0 Å². The van der Waals surface area contributed by atoms with E-state index >= 15 is 0 Å². The van der Waals surface area contributed by atoms with E-state index in [-0.39, 0.29) is 32.7 Å². The van der Waals surface area contributed by atoms with Crippen molar-refractivity contribution in [2.75, 3.05) is 39.3 Å². The van der Waals surface area contributed by atoms with Gasteiger partial charge in [-0.25, -0.2) is 0 Å². The van der Waals surface area contributed by atoms with Crippen LogP contribution < -0.4 is 4.65 Å². The molecular weight excluding hydrogens is 248 g/mol. The normalized spacial score (nSPS) is 33.1. The van der Waals surface area contributed by atoms with Gasteiger partial charge < -0.3 is 29.9 Å². The average Bonchev–Trinajstić information content (AvgIpc) is 2.43. The van der Waals surface area contributed by atoms with Gasteiger partial charge in [0.2, 0.25) is 0 Å². The second-order valence-corrected chi connectivity index (χ2v) is 5.20. The van der Waals surface area contributed by atoms with Crippen LogP contribution in [0.2, 0.25) is 0 Å². The van der Waals surface area contributed by atoms with E-state index in [4.69, 9.17) is 5.11 Å². The highest BCUT2D eigenvalue weighted by atomic mass is 16.6. The molecule has 1 aromatic rings. The minimum atomic E-state index is -1.01. The van der Waals surface area contributed by atoms with Gasteiger partial charge in [-0.2, -0.15) is 0 Å². The molecule has 0 amide bonds. The third-order valence-corrected chi connectivity index (χ3v) is 3.72. The van der Waals surface area contributed by atoms with Crippen LogP contribution in [0, 0.1) is 10.4 Å². The summed E-state index contributed by atoms with van der Waals surface area (Å²) in [6.45, 7) is 0.256. The average molecular weight is 268 g/mol. The summed E-state index contributed by atoms with van der Waals surface area (Å²) >= 11 is 0. The van der Waals surface area contributed by atoms with Gasteiger partial charge in [-0.1, -0.05) is 18.2 Å². The Balaban J connectivity index is 2.02. The monoisotopic (exact) mass is 268 g/mol. The molecule has 1 atom stereocenters. The molecular formula is C13H20N2O4. The first-order valence-electron chi connectivity index (χ1n) is 6.47. The second-order valence-electron chi connectivity index (χ2n) is 5.20.